The molecule has 28 heavy (non-hydrogen) atoms. The highest BCUT2D eigenvalue weighted by atomic mass is 32.2. The van der Waals surface area contributed by atoms with Gasteiger partial charge < -0.3 is 18.9 Å². The largest absolute Gasteiger partial charge is 0.490 e. The molecule has 3 heterocycles. The summed E-state index contributed by atoms with van der Waals surface area (Å²) in [6, 6.07) is 6.23. The van der Waals surface area contributed by atoms with Gasteiger partial charge >= 0.3 is 0 Å². The fraction of sp³-hybridized carbons (Fsp3) is 0.444. The van der Waals surface area contributed by atoms with Gasteiger partial charge in [-0.25, -0.2) is 8.42 Å². The van der Waals surface area contributed by atoms with E-state index in [-0.39, 0.29) is 42.7 Å². The first-order valence-corrected chi connectivity index (χ1v) is 10.5. The lowest BCUT2D eigenvalue weighted by Crippen LogP contribution is -2.50. The third-order valence-electron chi connectivity index (χ3n) is 4.73. The summed E-state index contributed by atoms with van der Waals surface area (Å²) in [4.78, 5) is 14.2. The van der Waals surface area contributed by atoms with E-state index in [1.807, 2.05) is 0 Å². The van der Waals surface area contributed by atoms with E-state index in [1.165, 1.54) is 16.4 Å². The lowest BCUT2D eigenvalue weighted by molar-refractivity contribution is 0.0687. The predicted molar refractivity (Wildman–Crippen MR) is 98.0 cm³/mol. The Hall–Kier alpha value is -2.59. The molecule has 2 aliphatic heterocycles. The summed E-state index contributed by atoms with van der Waals surface area (Å²) in [5.74, 6) is 1.28. The van der Waals surface area contributed by atoms with Crippen LogP contribution in [-0.2, 0) is 10.0 Å². The minimum atomic E-state index is -3.69. The van der Waals surface area contributed by atoms with Crippen molar-refractivity contribution in [2.75, 3.05) is 39.4 Å². The van der Waals surface area contributed by atoms with Gasteiger partial charge in [0.05, 0.1) is 18.1 Å². The van der Waals surface area contributed by atoms with Crippen LogP contribution in [0.1, 0.15) is 22.7 Å². The zero-order chi connectivity index (χ0) is 19.7. The van der Waals surface area contributed by atoms with Gasteiger partial charge in [-0.3, -0.25) is 4.79 Å². The van der Waals surface area contributed by atoms with Crippen LogP contribution >= 0.6 is 0 Å². The Morgan fingerprint density at radius 3 is 2.43 bits per heavy atom. The molecule has 9 nitrogen and oxygen atoms in total. The zero-order valence-corrected chi connectivity index (χ0v) is 16.3. The summed E-state index contributed by atoms with van der Waals surface area (Å²) in [5.41, 5.74) is 0.233. The van der Waals surface area contributed by atoms with Gasteiger partial charge in [0.25, 0.3) is 5.91 Å². The number of aromatic nitrogens is 1. The number of rotatable bonds is 3. The van der Waals surface area contributed by atoms with E-state index in [9.17, 15) is 13.2 Å². The predicted octanol–water partition coefficient (Wildman–Crippen LogP) is 1.29. The van der Waals surface area contributed by atoms with E-state index < -0.39 is 10.0 Å². The highest BCUT2D eigenvalue weighted by Gasteiger charge is 2.32. The van der Waals surface area contributed by atoms with Crippen LogP contribution in [-0.4, -0.2) is 68.1 Å². The average Bonchev–Trinajstić information content (AvgIpc) is 3.00. The van der Waals surface area contributed by atoms with Gasteiger partial charge in [0.2, 0.25) is 10.0 Å². The molecule has 0 atom stereocenters. The summed E-state index contributed by atoms with van der Waals surface area (Å²) in [6.07, 6.45) is 0.748. The number of ether oxygens (including phenoxy) is 2. The molecule has 1 aromatic heterocycles. The molecule has 0 N–H and O–H groups in total. The monoisotopic (exact) mass is 407 g/mol. The third kappa shape index (κ3) is 3.57. The van der Waals surface area contributed by atoms with Gasteiger partial charge in [0.15, 0.2) is 17.2 Å². The molecule has 2 aliphatic rings. The van der Waals surface area contributed by atoms with Gasteiger partial charge in [-0.2, -0.15) is 4.31 Å². The molecule has 2 aromatic rings. The fourth-order valence-electron chi connectivity index (χ4n) is 3.21. The Kier molecular flexibility index (Phi) is 4.98. The average molecular weight is 407 g/mol. The maximum atomic E-state index is 13.0. The topological polar surface area (TPSA) is 102 Å². The van der Waals surface area contributed by atoms with Gasteiger partial charge in [0, 0.05) is 44.7 Å². The molecule has 4 rings (SSSR count). The van der Waals surface area contributed by atoms with Gasteiger partial charge in [-0.15, -0.1) is 0 Å². The summed E-state index contributed by atoms with van der Waals surface area (Å²) in [5, 5.41) is 3.73. The number of piperazine rings is 1. The Labute approximate surface area is 162 Å². The van der Waals surface area contributed by atoms with Crippen LogP contribution < -0.4 is 9.47 Å². The highest BCUT2D eigenvalue weighted by molar-refractivity contribution is 7.89. The maximum absolute atomic E-state index is 13.0. The number of aryl methyl sites for hydroxylation is 1. The quantitative estimate of drug-likeness (QED) is 0.755. The van der Waals surface area contributed by atoms with E-state index in [2.05, 4.69) is 5.16 Å². The standard InChI is InChI=1S/C18H21N3O6S/c1-13-11-15(19-27-13)18(22)20-5-7-21(8-6-20)28(23,24)14-3-4-16-17(12-14)26-10-2-9-25-16/h3-4,11-12H,2,5-10H2,1H3. The second-order valence-corrected chi connectivity index (χ2v) is 8.62. The van der Waals surface area contributed by atoms with E-state index in [1.54, 1.807) is 24.0 Å². The lowest BCUT2D eigenvalue weighted by atomic mass is 10.3. The van der Waals surface area contributed by atoms with Crippen molar-refractivity contribution in [2.24, 2.45) is 0 Å². The van der Waals surface area contributed by atoms with E-state index >= 15 is 0 Å². The number of fused-ring (bicyclic) bond motifs is 1. The molecule has 0 aliphatic carbocycles. The van der Waals surface area contributed by atoms with Crippen molar-refractivity contribution in [3.63, 3.8) is 0 Å². The van der Waals surface area contributed by atoms with Crippen molar-refractivity contribution in [1.82, 2.24) is 14.4 Å². The van der Waals surface area contributed by atoms with Gasteiger partial charge in [0.1, 0.15) is 5.76 Å². The number of nitrogens with zero attached hydrogens (tertiary/aromatic N) is 3. The molecular weight excluding hydrogens is 386 g/mol. The molecule has 150 valence electrons. The number of sulfonamides is 1. The molecular formula is C18H21N3O6S. The third-order valence-corrected chi connectivity index (χ3v) is 6.62. The molecule has 1 amide bonds. The normalized spacial score (nSPS) is 18.0. The van der Waals surface area contributed by atoms with Crippen molar-refractivity contribution in [1.29, 1.82) is 0 Å². The maximum Gasteiger partial charge on any atom is 0.276 e. The van der Waals surface area contributed by atoms with Crippen LogP contribution in [0, 0.1) is 6.92 Å². The fourth-order valence-corrected chi connectivity index (χ4v) is 4.65. The van der Waals surface area contributed by atoms with E-state index in [0.29, 0.717) is 30.5 Å². The number of hydrogen-bond acceptors (Lipinski definition) is 7. The second kappa shape index (κ2) is 7.44. The van der Waals surface area contributed by atoms with Crippen LogP contribution in [0.15, 0.2) is 33.7 Å². The first-order valence-electron chi connectivity index (χ1n) is 9.07. The number of amides is 1. The number of carbonyl (C=O) groups is 1. The summed E-state index contributed by atoms with van der Waals surface area (Å²) >= 11 is 0. The van der Waals surface area contributed by atoms with Crippen LogP contribution in [0.25, 0.3) is 0 Å². The van der Waals surface area contributed by atoms with Crippen molar-refractivity contribution in [3.8, 4) is 11.5 Å². The van der Waals surface area contributed by atoms with Crippen molar-refractivity contribution in [3.05, 3.63) is 35.7 Å². The second-order valence-electron chi connectivity index (χ2n) is 6.68. The van der Waals surface area contributed by atoms with E-state index in [4.69, 9.17) is 14.0 Å². The minimum absolute atomic E-state index is 0.156. The molecule has 0 spiro atoms. The molecule has 0 bridgehead atoms. The molecule has 1 fully saturated rings. The van der Waals surface area contributed by atoms with Crippen molar-refractivity contribution in [2.45, 2.75) is 18.2 Å². The SMILES string of the molecule is Cc1cc(C(=O)N2CCN(S(=O)(=O)c3ccc4c(c3)OCCCO4)CC2)no1. The number of carbonyl (C=O) groups excluding carboxylic acids is 1. The first kappa shape index (κ1) is 18.8. The Morgan fingerprint density at radius 1 is 1.04 bits per heavy atom. The van der Waals surface area contributed by atoms with Crippen molar-refractivity contribution < 1.29 is 27.2 Å². The zero-order valence-electron chi connectivity index (χ0n) is 15.5. The molecule has 10 heteroatoms. The Bertz CT molecular complexity index is 979. The summed E-state index contributed by atoms with van der Waals surface area (Å²) < 4.78 is 43.5. The lowest BCUT2D eigenvalue weighted by Gasteiger charge is -2.33. The minimum Gasteiger partial charge on any atom is -0.490 e. The van der Waals surface area contributed by atoms with Crippen molar-refractivity contribution >= 4 is 15.9 Å². The molecule has 1 saturated heterocycles. The summed E-state index contributed by atoms with van der Waals surface area (Å²) in [6.45, 7) is 3.73. The number of benzene rings is 1. The van der Waals surface area contributed by atoms with Crippen LogP contribution in [0.4, 0.5) is 0 Å². The Morgan fingerprint density at radius 2 is 1.75 bits per heavy atom. The smallest absolute Gasteiger partial charge is 0.276 e. The van der Waals surface area contributed by atoms with Crippen LogP contribution in [0.3, 0.4) is 0 Å². The van der Waals surface area contributed by atoms with Crippen LogP contribution in [0.2, 0.25) is 0 Å². The van der Waals surface area contributed by atoms with Crippen LogP contribution in [0.5, 0.6) is 11.5 Å². The van der Waals surface area contributed by atoms with E-state index in [0.717, 1.165) is 6.42 Å². The van der Waals surface area contributed by atoms with Gasteiger partial charge in [-0.05, 0) is 19.1 Å². The molecule has 0 unspecified atom stereocenters. The first-order chi connectivity index (χ1) is 13.4. The number of hydrogen-bond donors (Lipinski definition) is 0. The summed E-state index contributed by atoms with van der Waals surface area (Å²) in [7, 11) is -3.69. The Balaban J connectivity index is 1.46. The highest BCUT2D eigenvalue weighted by Crippen LogP contribution is 2.33. The van der Waals surface area contributed by atoms with Gasteiger partial charge in [-0.1, -0.05) is 5.16 Å². The molecule has 1 aromatic carbocycles. The molecule has 0 saturated carbocycles. The molecule has 0 radical (unpaired) electrons.